The summed E-state index contributed by atoms with van der Waals surface area (Å²) in [5.41, 5.74) is 2.93. The van der Waals surface area contributed by atoms with Crippen molar-refractivity contribution < 1.29 is 14.0 Å². The Balaban J connectivity index is 1.48. The first-order valence-corrected chi connectivity index (χ1v) is 11.2. The van der Waals surface area contributed by atoms with Gasteiger partial charge in [-0.05, 0) is 55.0 Å². The van der Waals surface area contributed by atoms with Crippen LogP contribution in [0.1, 0.15) is 11.3 Å². The van der Waals surface area contributed by atoms with Crippen molar-refractivity contribution in [1.82, 2.24) is 4.98 Å². The van der Waals surface area contributed by atoms with E-state index in [1.165, 1.54) is 47.4 Å². The lowest BCUT2D eigenvalue weighted by Crippen LogP contribution is -2.15. The molecule has 2 aromatic carbocycles. The van der Waals surface area contributed by atoms with Gasteiger partial charge >= 0.3 is 0 Å². The Bertz CT molecular complexity index is 1020. The second kappa shape index (κ2) is 10.00. The fourth-order valence-electron chi connectivity index (χ4n) is 2.42. The minimum Gasteiger partial charge on any atom is -0.326 e. The molecule has 0 bridgehead atoms. The summed E-state index contributed by atoms with van der Waals surface area (Å²) in [5.74, 6) is -0.533. The summed E-state index contributed by atoms with van der Waals surface area (Å²) in [6.45, 7) is 1.93. The summed E-state index contributed by atoms with van der Waals surface area (Å²) < 4.78 is 14.6. The molecule has 0 aliphatic rings. The number of hydrogen-bond donors (Lipinski definition) is 2. The molecule has 1 aromatic heterocycles. The molecule has 2 N–H and O–H groups in total. The summed E-state index contributed by atoms with van der Waals surface area (Å²) >= 11 is 6.08. The SMILES string of the molecule is Cc1cc(Br)ccc1NC(=O)Cc1csc(SCC(=O)Nc2ccc(F)cc2)n1. The average Bonchev–Trinajstić information content (AvgIpc) is 3.11. The molecule has 29 heavy (non-hydrogen) atoms. The van der Waals surface area contributed by atoms with E-state index < -0.39 is 0 Å². The van der Waals surface area contributed by atoms with E-state index in [1.807, 2.05) is 30.5 Å². The zero-order valence-electron chi connectivity index (χ0n) is 15.4. The van der Waals surface area contributed by atoms with E-state index in [-0.39, 0.29) is 29.8 Å². The first kappa shape index (κ1) is 21.5. The lowest BCUT2D eigenvalue weighted by atomic mass is 10.2. The zero-order chi connectivity index (χ0) is 20.8. The maximum absolute atomic E-state index is 12.9. The molecule has 0 aliphatic heterocycles. The van der Waals surface area contributed by atoms with Gasteiger partial charge < -0.3 is 10.6 Å². The van der Waals surface area contributed by atoms with Gasteiger partial charge in [0.05, 0.1) is 17.9 Å². The quantitative estimate of drug-likeness (QED) is 0.440. The average molecular weight is 494 g/mol. The highest BCUT2D eigenvalue weighted by molar-refractivity contribution is 9.10. The third-order valence-electron chi connectivity index (χ3n) is 3.79. The molecule has 2 amide bonds. The van der Waals surface area contributed by atoms with E-state index >= 15 is 0 Å². The van der Waals surface area contributed by atoms with Crippen LogP contribution in [0.25, 0.3) is 0 Å². The second-order valence-corrected chi connectivity index (χ2v) is 9.13. The highest BCUT2D eigenvalue weighted by Crippen LogP contribution is 2.24. The Labute approximate surface area is 184 Å². The normalized spacial score (nSPS) is 10.6. The highest BCUT2D eigenvalue weighted by Gasteiger charge is 2.11. The Morgan fingerprint density at radius 3 is 2.62 bits per heavy atom. The van der Waals surface area contributed by atoms with Crippen LogP contribution in [0.4, 0.5) is 15.8 Å². The number of amides is 2. The number of carbonyl (C=O) groups excluding carboxylic acids is 2. The minimum atomic E-state index is -0.355. The number of thioether (sulfide) groups is 1. The summed E-state index contributed by atoms with van der Waals surface area (Å²) in [7, 11) is 0. The molecule has 150 valence electrons. The number of halogens is 2. The molecule has 0 aliphatic carbocycles. The van der Waals surface area contributed by atoms with Gasteiger partial charge in [0.1, 0.15) is 5.82 Å². The van der Waals surface area contributed by atoms with Crippen molar-refractivity contribution in [3.05, 3.63) is 69.4 Å². The molecule has 5 nitrogen and oxygen atoms in total. The van der Waals surface area contributed by atoms with E-state index in [0.29, 0.717) is 15.7 Å². The number of nitrogens with one attached hydrogen (secondary N) is 2. The third kappa shape index (κ3) is 6.66. The maximum Gasteiger partial charge on any atom is 0.234 e. The van der Waals surface area contributed by atoms with Gasteiger partial charge in [0, 0.05) is 21.2 Å². The number of hydrogen-bond acceptors (Lipinski definition) is 5. The lowest BCUT2D eigenvalue weighted by Gasteiger charge is -2.08. The fraction of sp³-hybridized carbons (Fsp3) is 0.150. The van der Waals surface area contributed by atoms with Crippen molar-refractivity contribution in [3.8, 4) is 0 Å². The van der Waals surface area contributed by atoms with Crippen molar-refractivity contribution in [3.63, 3.8) is 0 Å². The standard InChI is InChI=1S/C20H17BrFN3O2S2/c1-12-8-13(21)2-7-17(12)25-18(26)9-16-10-28-20(24-16)29-11-19(27)23-15-5-3-14(22)4-6-15/h2-8,10H,9,11H2,1H3,(H,23,27)(H,25,26). The number of aryl methyl sites for hydroxylation is 1. The number of nitrogens with zero attached hydrogens (tertiary/aromatic N) is 1. The predicted molar refractivity (Wildman–Crippen MR) is 119 cm³/mol. The lowest BCUT2D eigenvalue weighted by molar-refractivity contribution is -0.116. The van der Waals surface area contributed by atoms with Crippen LogP contribution < -0.4 is 10.6 Å². The van der Waals surface area contributed by atoms with Gasteiger partial charge in [-0.1, -0.05) is 27.7 Å². The maximum atomic E-state index is 12.9. The van der Waals surface area contributed by atoms with E-state index in [0.717, 1.165) is 15.7 Å². The number of benzene rings is 2. The Hall–Kier alpha value is -2.23. The zero-order valence-corrected chi connectivity index (χ0v) is 18.6. The Morgan fingerprint density at radius 1 is 1.14 bits per heavy atom. The van der Waals surface area contributed by atoms with Crippen molar-refractivity contribution >= 4 is 62.2 Å². The van der Waals surface area contributed by atoms with E-state index in [1.54, 1.807) is 0 Å². The molecular weight excluding hydrogens is 477 g/mol. The number of thiazole rings is 1. The predicted octanol–water partition coefficient (Wildman–Crippen LogP) is 5.27. The molecule has 0 fully saturated rings. The van der Waals surface area contributed by atoms with E-state index in [4.69, 9.17) is 0 Å². The van der Waals surface area contributed by atoms with Gasteiger partial charge in [0.15, 0.2) is 4.34 Å². The second-order valence-electron chi connectivity index (χ2n) is 6.13. The monoisotopic (exact) mass is 493 g/mol. The van der Waals surface area contributed by atoms with Crippen LogP contribution in [0.2, 0.25) is 0 Å². The molecule has 0 radical (unpaired) electrons. The molecule has 1 heterocycles. The first-order valence-electron chi connectivity index (χ1n) is 8.57. The summed E-state index contributed by atoms with van der Waals surface area (Å²) in [5, 5.41) is 7.40. The van der Waals surface area contributed by atoms with Crippen molar-refractivity contribution in [1.29, 1.82) is 0 Å². The van der Waals surface area contributed by atoms with Crippen molar-refractivity contribution in [2.75, 3.05) is 16.4 Å². The molecule has 3 rings (SSSR count). The van der Waals surface area contributed by atoms with Gasteiger partial charge in [-0.3, -0.25) is 9.59 Å². The smallest absolute Gasteiger partial charge is 0.234 e. The van der Waals surface area contributed by atoms with Crippen LogP contribution in [0.3, 0.4) is 0 Å². The van der Waals surface area contributed by atoms with E-state index in [9.17, 15) is 14.0 Å². The largest absolute Gasteiger partial charge is 0.326 e. The van der Waals surface area contributed by atoms with Crippen LogP contribution in [0.15, 0.2) is 56.7 Å². The van der Waals surface area contributed by atoms with Crippen molar-refractivity contribution in [2.45, 2.75) is 17.7 Å². The first-order chi connectivity index (χ1) is 13.9. The minimum absolute atomic E-state index is 0.147. The molecule has 0 atom stereocenters. The van der Waals surface area contributed by atoms with Gasteiger partial charge in [-0.15, -0.1) is 11.3 Å². The summed E-state index contributed by atoms with van der Waals surface area (Å²) in [4.78, 5) is 28.7. The van der Waals surface area contributed by atoms with Crippen molar-refractivity contribution in [2.24, 2.45) is 0 Å². The van der Waals surface area contributed by atoms with Crippen LogP contribution in [-0.4, -0.2) is 22.6 Å². The van der Waals surface area contributed by atoms with Crippen LogP contribution in [-0.2, 0) is 16.0 Å². The molecule has 0 saturated carbocycles. The van der Waals surface area contributed by atoms with Gasteiger partial charge in [0.2, 0.25) is 11.8 Å². The van der Waals surface area contributed by atoms with Crippen LogP contribution >= 0.6 is 39.0 Å². The molecular formula is C20H17BrFN3O2S2. The number of rotatable bonds is 7. The highest BCUT2D eigenvalue weighted by atomic mass is 79.9. The fourth-order valence-corrected chi connectivity index (χ4v) is 4.54. The molecule has 9 heteroatoms. The topological polar surface area (TPSA) is 71.1 Å². The molecule has 0 spiro atoms. The molecule has 0 saturated heterocycles. The van der Waals surface area contributed by atoms with Gasteiger partial charge in [-0.25, -0.2) is 9.37 Å². The molecule has 0 unspecified atom stereocenters. The summed E-state index contributed by atoms with van der Waals surface area (Å²) in [6.07, 6.45) is 0.161. The van der Waals surface area contributed by atoms with E-state index in [2.05, 4.69) is 31.5 Å². The number of aromatic nitrogens is 1. The van der Waals surface area contributed by atoms with Gasteiger partial charge in [-0.2, -0.15) is 0 Å². The van der Waals surface area contributed by atoms with Gasteiger partial charge in [0.25, 0.3) is 0 Å². The van der Waals surface area contributed by atoms with Crippen LogP contribution in [0.5, 0.6) is 0 Å². The number of carbonyl (C=O) groups is 2. The number of anilines is 2. The summed E-state index contributed by atoms with van der Waals surface area (Å²) in [6, 6.07) is 11.2. The third-order valence-corrected chi connectivity index (χ3v) is 6.35. The molecule has 3 aromatic rings. The van der Waals surface area contributed by atoms with Crippen LogP contribution in [0, 0.1) is 12.7 Å². The Morgan fingerprint density at radius 2 is 1.90 bits per heavy atom. The Kier molecular flexibility index (Phi) is 7.40.